The van der Waals surface area contributed by atoms with Gasteiger partial charge in [0.2, 0.25) is 0 Å². The quantitative estimate of drug-likeness (QED) is 0.670. The van der Waals surface area contributed by atoms with Crippen molar-refractivity contribution in [3.05, 3.63) is 59.7 Å². The number of fused-ring (bicyclic) bond motifs is 2. The lowest BCUT2D eigenvalue weighted by atomic mass is 9.91. The van der Waals surface area contributed by atoms with Crippen LogP contribution < -0.4 is 0 Å². The van der Waals surface area contributed by atoms with E-state index in [2.05, 4.69) is 55.5 Å². The molecule has 0 unspecified atom stereocenters. The second kappa shape index (κ2) is 4.43. The van der Waals surface area contributed by atoms with E-state index in [9.17, 15) is 5.11 Å². The molecule has 0 aromatic heterocycles. The normalized spacial score (nSPS) is 11.2. The minimum absolute atomic E-state index is 0.192. The van der Waals surface area contributed by atoms with Crippen molar-refractivity contribution >= 4 is 21.5 Å². The smallest absolute Gasteiger partial charge is 0.0471 e. The summed E-state index contributed by atoms with van der Waals surface area (Å²) in [4.78, 5) is 0. The molecule has 3 aromatic carbocycles. The van der Waals surface area contributed by atoms with Gasteiger partial charge in [-0.25, -0.2) is 0 Å². The van der Waals surface area contributed by atoms with Crippen molar-refractivity contribution in [3.8, 4) is 0 Å². The molecule has 90 valence electrons. The summed E-state index contributed by atoms with van der Waals surface area (Å²) >= 11 is 0. The van der Waals surface area contributed by atoms with Gasteiger partial charge in [0.25, 0.3) is 0 Å². The van der Waals surface area contributed by atoms with Crippen molar-refractivity contribution in [2.24, 2.45) is 0 Å². The first-order chi connectivity index (χ1) is 8.83. The molecule has 0 radical (unpaired) electrons. The Morgan fingerprint density at radius 3 is 1.67 bits per heavy atom. The van der Waals surface area contributed by atoms with E-state index in [0.717, 1.165) is 0 Å². The van der Waals surface area contributed by atoms with Gasteiger partial charge >= 0.3 is 0 Å². The van der Waals surface area contributed by atoms with Crippen LogP contribution in [0.4, 0.5) is 0 Å². The summed E-state index contributed by atoms with van der Waals surface area (Å²) in [6, 6.07) is 16.9. The molecule has 0 aliphatic rings. The average molecular weight is 236 g/mol. The van der Waals surface area contributed by atoms with Crippen LogP contribution in [0, 0.1) is 6.92 Å². The van der Waals surface area contributed by atoms with Crippen LogP contribution in [0.15, 0.2) is 48.5 Å². The number of benzene rings is 3. The SMILES string of the molecule is Cc1c2ccccc2c(CCO)c2ccccc12. The van der Waals surface area contributed by atoms with Crippen molar-refractivity contribution < 1.29 is 5.11 Å². The highest BCUT2D eigenvalue weighted by Crippen LogP contribution is 2.32. The predicted molar refractivity (Wildman–Crippen MR) is 77.0 cm³/mol. The molecule has 0 atom stereocenters. The standard InChI is InChI=1S/C17H16O/c1-12-13-6-2-4-8-15(13)17(10-11-18)16-9-5-3-7-14(12)16/h2-9,18H,10-11H2,1H3. The zero-order valence-corrected chi connectivity index (χ0v) is 10.5. The summed E-state index contributed by atoms with van der Waals surface area (Å²) in [5.74, 6) is 0. The van der Waals surface area contributed by atoms with Crippen molar-refractivity contribution in [2.75, 3.05) is 6.61 Å². The van der Waals surface area contributed by atoms with Crippen LogP contribution in [0.25, 0.3) is 21.5 Å². The summed E-state index contributed by atoms with van der Waals surface area (Å²) < 4.78 is 0. The van der Waals surface area contributed by atoms with E-state index in [1.54, 1.807) is 0 Å². The molecule has 0 spiro atoms. The summed E-state index contributed by atoms with van der Waals surface area (Å²) in [6.07, 6.45) is 0.710. The molecule has 0 saturated carbocycles. The second-order valence-corrected chi connectivity index (χ2v) is 4.67. The number of aryl methyl sites for hydroxylation is 1. The van der Waals surface area contributed by atoms with Crippen molar-refractivity contribution in [3.63, 3.8) is 0 Å². The van der Waals surface area contributed by atoms with E-state index in [1.807, 2.05) is 0 Å². The van der Waals surface area contributed by atoms with Crippen molar-refractivity contribution in [2.45, 2.75) is 13.3 Å². The van der Waals surface area contributed by atoms with E-state index < -0.39 is 0 Å². The second-order valence-electron chi connectivity index (χ2n) is 4.67. The third-order valence-corrected chi connectivity index (χ3v) is 3.67. The third-order valence-electron chi connectivity index (χ3n) is 3.67. The third kappa shape index (κ3) is 1.59. The fourth-order valence-corrected chi connectivity index (χ4v) is 2.82. The van der Waals surface area contributed by atoms with Crippen LogP contribution in [-0.4, -0.2) is 11.7 Å². The lowest BCUT2D eigenvalue weighted by Crippen LogP contribution is -1.96. The summed E-state index contributed by atoms with van der Waals surface area (Å²) in [5, 5.41) is 14.4. The molecule has 3 aromatic rings. The van der Waals surface area contributed by atoms with Crippen LogP contribution in [-0.2, 0) is 6.42 Å². The summed E-state index contributed by atoms with van der Waals surface area (Å²) in [6.45, 7) is 2.37. The number of rotatable bonds is 2. The molecule has 1 N–H and O–H groups in total. The molecular weight excluding hydrogens is 220 g/mol. The fourth-order valence-electron chi connectivity index (χ4n) is 2.82. The molecule has 0 bridgehead atoms. The van der Waals surface area contributed by atoms with Gasteiger partial charge in [-0.3, -0.25) is 0 Å². The highest BCUT2D eigenvalue weighted by Gasteiger charge is 2.09. The van der Waals surface area contributed by atoms with E-state index in [1.165, 1.54) is 32.7 Å². The molecule has 0 amide bonds. The number of hydrogen-bond donors (Lipinski definition) is 1. The highest BCUT2D eigenvalue weighted by atomic mass is 16.2. The number of hydrogen-bond acceptors (Lipinski definition) is 1. The van der Waals surface area contributed by atoms with Crippen LogP contribution in [0.2, 0.25) is 0 Å². The van der Waals surface area contributed by atoms with Gasteiger partial charge in [-0.15, -0.1) is 0 Å². The lowest BCUT2D eigenvalue weighted by Gasteiger charge is -2.13. The first-order valence-electron chi connectivity index (χ1n) is 6.32. The van der Waals surface area contributed by atoms with Gasteiger partial charge in [0.1, 0.15) is 0 Å². The highest BCUT2D eigenvalue weighted by molar-refractivity contribution is 6.05. The Hall–Kier alpha value is -1.86. The van der Waals surface area contributed by atoms with E-state index >= 15 is 0 Å². The zero-order valence-electron chi connectivity index (χ0n) is 10.5. The van der Waals surface area contributed by atoms with Gasteiger partial charge in [0.15, 0.2) is 0 Å². The van der Waals surface area contributed by atoms with Crippen LogP contribution in [0.1, 0.15) is 11.1 Å². The molecule has 1 nitrogen and oxygen atoms in total. The molecule has 1 heteroatoms. The number of aliphatic hydroxyl groups excluding tert-OH is 1. The Kier molecular flexibility index (Phi) is 2.77. The summed E-state index contributed by atoms with van der Waals surface area (Å²) in [7, 11) is 0. The molecule has 0 saturated heterocycles. The topological polar surface area (TPSA) is 20.2 Å². The Morgan fingerprint density at radius 2 is 1.22 bits per heavy atom. The van der Waals surface area contributed by atoms with Crippen molar-refractivity contribution in [1.29, 1.82) is 0 Å². The molecule has 3 rings (SSSR count). The molecule has 18 heavy (non-hydrogen) atoms. The molecule has 0 heterocycles. The maximum absolute atomic E-state index is 9.31. The fraction of sp³-hybridized carbons (Fsp3) is 0.176. The van der Waals surface area contributed by atoms with Crippen LogP contribution >= 0.6 is 0 Å². The van der Waals surface area contributed by atoms with Gasteiger partial charge in [-0.1, -0.05) is 48.5 Å². The first-order valence-corrected chi connectivity index (χ1v) is 6.32. The van der Waals surface area contributed by atoms with E-state index in [-0.39, 0.29) is 6.61 Å². The van der Waals surface area contributed by atoms with Crippen molar-refractivity contribution in [1.82, 2.24) is 0 Å². The molecular formula is C17H16O. The zero-order chi connectivity index (χ0) is 12.5. The van der Waals surface area contributed by atoms with Gasteiger partial charge in [0.05, 0.1) is 0 Å². The van der Waals surface area contributed by atoms with Gasteiger partial charge in [0, 0.05) is 6.61 Å². The molecule has 0 fully saturated rings. The van der Waals surface area contributed by atoms with Gasteiger partial charge in [-0.05, 0) is 46.0 Å². The maximum Gasteiger partial charge on any atom is 0.0471 e. The Bertz CT molecular complexity index is 656. The Labute approximate surface area is 107 Å². The Morgan fingerprint density at radius 1 is 0.778 bits per heavy atom. The maximum atomic E-state index is 9.31. The van der Waals surface area contributed by atoms with E-state index in [4.69, 9.17) is 0 Å². The molecule has 0 aliphatic heterocycles. The minimum atomic E-state index is 0.192. The monoisotopic (exact) mass is 236 g/mol. The largest absolute Gasteiger partial charge is 0.396 e. The van der Waals surface area contributed by atoms with Gasteiger partial charge in [-0.2, -0.15) is 0 Å². The minimum Gasteiger partial charge on any atom is -0.396 e. The number of aliphatic hydroxyl groups is 1. The predicted octanol–water partition coefficient (Wildman–Crippen LogP) is 3.84. The average Bonchev–Trinajstić information content (AvgIpc) is 2.43. The van der Waals surface area contributed by atoms with E-state index in [0.29, 0.717) is 6.42 Å². The Balaban J connectivity index is 2.54. The van der Waals surface area contributed by atoms with Gasteiger partial charge < -0.3 is 5.11 Å². The molecule has 0 aliphatic carbocycles. The summed E-state index contributed by atoms with van der Waals surface area (Å²) in [5.41, 5.74) is 2.58. The van der Waals surface area contributed by atoms with Crippen LogP contribution in [0.5, 0.6) is 0 Å². The first kappa shape index (κ1) is 11.2. The van der Waals surface area contributed by atoms with Crippen LogP contribution in [0.3, 0.4) is 0 Å². The lowest BCUT2D eigenvalue weighted by molar-refractivity contribution is 0.300.